The molecule has 2 aliphatic rings. The highest BCUT2D eigenvalue weighted by Crippen LogP contribution is 2.53. The number of benzene rings is 1. The lowest BCUT2D eigenvalue weighted by Gasteiger charge is -2.51. The number of aryl methyl sites for hydroxylation is 2. The molecule has 1 nitrogen and oxygen atoms in total. The van der Waals surface area contributed by atoms with E-state index < -0.39 is 0 Å². The van der Waals surface area contributed by atoms with Gasteiger partial charge in [0.25, 0.3) is 0 Å². The number of hydrogen-bond acceptors (Lipinski definition) is 1. The highest BCUT2D eigenvalue weighted by molar-refractivity contribution is 5.41. The van der Waals surface area contributed by atoms with E-state index >= 15 is 0 Å². The third kappa shape index (κ3) is 2.86. The Morgan fingerprint density at radius 2 is 2.09 bits per heavy atom. The fourth-order valence-electron chi connectivity index (χ4n) is 4.95. The van der Waals surface area contributed by atoms with Gasteiger partial charge in [-0.1, -0.05) is 57.2 Å². The predicted molar refractivity (Wildman–Crippen MR) is 99.4 cm³/mol. The zero-order valence-corrected chi connectivity index (χ0v) is 15.0. The third-order valence-corrected chi connectivity index (χ3v) is 6.33. The van der Waals surface area contributed by atoms with Crippen LogP contribution in [0.15, 0.2) is 42.8 Å². The number of fused-ring (bicyclic) bond motifs is 3. The summed E-state index contributed by atoms with van der Waals surface area (Å²) < 4.78 is 0. The fourth-order valence-corrected chi connectivity index (χ4v) is 4.95. The molecule has 3 rings (SSSR count). The second kappa shape index (κ2) is 6.19. The monoisotopic (exact) mass is 309 g/mol. The topological polar surface area (TPSA) is 12.0 Å². The van der Waals surface area contributed by atoms with Gasteiger partial charge in [0.05, 0.1) is 0 Å². The summed E-state index contributed by atoms with van der Waals surface area (Å²) in [5, 5.41) is 3.50. The molecule has 1 fully saturated rings. The minimum Gasteiger partial charge on any atom is -0.363 e. The van der Waals surface area contributed by atoms with Crippen LogP contribution in [0.25, 0.3) is 0 Å². The Bertz CT molecular complexity index is 627. The lowest BCUT2D eigenvalue weighted by Crippen LogP contribution is -2.45. The van der Waals surface area contributed by atoms with E-state index in [9.17, 15) is 0 Å². The zero-order valence-electron chi connectivity index (χ0n) is 15.0. The Labute approximate surface area is 141 Å². The maximum absolute atomic E-state index is 4.39. The molecule has 0 aliphatic heterocycles. The molecule has 1 saturated carbocycles. The van der Waals surface area contributed by atoms with Gasteiger partial charge in [-0.3, -0.25) is 0 Å². The van der Waals surface area contributed by atoms with Crippen molar-refractivity contribution in [1.82, 2.24) is 5.32 Å². The van der Waals surface area contributed by atoms with E-state index in [-0.39, 0.29) is 0 Å². The molecule has 0 aromatic heterocycles. The molecule has 2 aliphatic carbocycles. The molecule has 0 bridgehead atoms. The first-order valence-electron chi connectivity index (χ1n) is 9.19. The van der Waals surface area contributed by atoms with Crippen LogP contribution in [0.3, 0.4) is 0 Å². The Balaban J connectivity index is 1.92. The second-order valence-corrected chi connectivity index (χ2v) is 7.83. The molecule has 0 amide bonds. The Morgan fingerprint density at radius 3 is 2.83 bits per heavy atom. The SMILES string of the molecule is C=C(CC)NC(=C)C1CCCC2(C)c3cc(C)ccc3CCC12. The molecule has 3 atom stereocenters. The smallest absolute Gasteiger partial charge is 0.0110 e. The van der Waals surface area contributed by atoms with E-state index in [1.165, 1.54) is 43.4 Å². The molecule has 0 spiro atoms. The van der Waals surface area contributed by atoms with Crippen molar-refractivity contribution in [2.75, 3.05) is 0 Å². The average Bonchev–Trinajstić information content (AvgIpc) is 2.54. The van der Waals surface area contributed by atoms with Crippen molar-refractivity contribution in [1.29, 1.82) is 0 Å². The van der Waals surface area contributed by atoms with Crippen LogP contribution in [0, 0.1) is 18.8 Å². The fraction of sp³-hybridized carbons (Fsp3) is 0.545. The van der Waals surface area contributed by atoms with Crippen LogP contribution >= 0.6 is 0 Å². The van der Waals surface area contributed by atoms with E-state index in [0.29, 0.717) is 17.3 Å². The quantitative estimate of drug-likeness (QED) is 0.758. The summed E-state index contributed by atoms with van der Waals surface area (Å²) in [6, 6.07) is 7.08. The van der Waals surface area contributed by atoms with Crippen molar-refractivity contribution in [2.24, 2.45) is 11.8 Å². The largest absolute Gasteiger partial charge is 0.363 e. The second-order valence-electron chi connectivity index (χ2n) is 7.83. The van der Waals surface area contributed by atoms with Gasteiger partial charge in [-0.25, -0.2) is 0 Å². The van der Waals surface area contributed by atoms with Gasteiger partial charge in [-0.05, 0) is 61.5 Å². The summed E-state index contributed by atoms with van der Waals surface area (Å²) in [6.07, 6.45) is 7.35. The maximum Gasteiger partial charge on any atom is 0.0110 e. The van der Waals surface area contributed by atoms with Gasteiger partial charge in [0.1, 0.15) is 0 Å². The van der Waals surface area contributed by atoms with Gasteiger partial charge >= 0.3 is 0 Å². The Morgan fingerprint density at radius 1 is 1.30 bits per heavy atom. The van der Waals surface area contributed by atoms with Crippen LogP contribution < -0.4 is 5.32 Å². The van der Waals surface area contributed by atoms with Crippen molar-refractivity contribution in [3.05, 3.63) is 59.4 Å². The average molecular weight is 309 g/mol. The third-order valence-electron chi connectivity index (χ3n) is 6.33. The van der Waals surface area contributed by atoms with Crippen LogP contribution in [0.1, 0.15) is 62.6 Å². The van der Waals surface area contributed by atoms with Gasteiger partial charge in [-0.15, -0.1) is 0 Å². The van der Waals surface area contributed by atoms with E-state index in [4.69, 9.17) is 0 Å². The molecule has 124 valence electrons. The molecular formula is C22H31N. The molecule has 1 aromatic rings. The van der Waals surface area contributed by atoms with Crippen molar-refractivity contribution in [3.63, 3.8) is 0 Å². The van der Waals surface area contributed by atoms with Gasteiger partial charge in [0.2, 0.25) is 0 Å². The molecule has 0 radical (unpaired) electrons. The van der Waals surface area contributed by atoms with Crippen molar-refractivity contribution in [2.45, 2.75) is 64.7 Å². The van der Waals surface area contributed by atoms with Crippen LogP contribution in [0.5, 0.6) is 0 Å². The van der Waals surface area contributed by atoms with Crippen LogP contribution in [0.2, 0.25) is 0 Å². The molecule has 1 heteroatoms. The first-order chi connectivity index (χ1) is 11.0. The number of allylic oxidation sites excluding steroid dienone is 2. The molecular weight excluding hydrogens is 278 g/mol. The lowest BCUT2D eigenvalue weighted by atomic mass is 9.54. The Kier molecular flexibility index (Phi) is 4.40. The van der Waals surface area contributed by atoms with Gasteiger partial charge in [-0.2, -0.15) is 0 Å². The molecule has 1 N–H and O–H groups in total. The molecule has 0 heterocycles. The first-order valence-corrected chi connectivity index (χ1v) is 9.19. The normalized spacial score (nSPS) is 29.3. The summed E-state index contributed by atoms with van der Waals surface area (Å²) in [4.78, 5) is 0. The van der Waals surface area contributed by atoms with E-state index in [1.807, 2.05) is 0 Å². The van der Waals surface area contributed by atoms with Crippen molar-refractivity contribution < 1.29 is 0 Å². The molecule has 3 unspecified atom stereocenters. The van der Waals surface area contributed by atoms with Crippen LogP contribution in [-0.2, 0) is 11.8 Å². The van der Waals surface area contributed by atoms with Crippen molar-refractivity contribution in [3.8, 4) is 0 Å². The standard InChI is InChI=1S/C22H31N/c1-6-16(3)23-17(4)19-8-7-13-22(5)20(19)12-11-18-10-9-15(2)14-21(18)22/h9-10,14,19-20,23H,3-4,6-8,11-13H2,1-2,5H3. The number of hydrogen-bond donors (Lipinski definition) is 1. The summed E-state index contributed by atoms with van der Waals surface area (Å²) in [7, 11) is 0. The van der Waals surface area contributed by atoms with Crippen LogP contribution in [0.4, 0.5) is 0 Å². The highest BCUT2D eigenvalue weighted by atomic mass is 14.9. The Hall–Kier alpha value is -1.50. The maximum atomic E-state index is 4.39. The molecule has 1 aromatic carbocycles. The summed E-state index contributed by atoms with van der Waals surface area (Å²) in [5.41, 5.74) is 7.18. The van der Waals surface area contributed by atoms with Crippen molar-refractivity contribution >= 4 is 0 Å². The van der Waals surface area contributed by atoms with E-state index in [0.717, 1.165) is 12.1 Å². The first kappa shape index (κ1) is 16.4. The van der Waals surface area contributed by atoms with Gasteiger partial charge < -0.3 is 5.32 Å². The lowest BCUT2D eigenvalue weighted by molar-refractivity contribution is 0.124. The van der Waals surface area contributed by atoms with Gasteiger partial charge in [0, 0.05) is 17.3 Å². The summed E-state index contributed by atoms with van der Waals surface area (Å²) >= 11 is 0. The van der Waals surface area contributed by atoms with E-state index in [2.05, 4.69) is 57.4 Å². The minimum absolute atomic E-state index is 0.306. The van der Waals surface area contributed by atoms with Gasteiger partial charge in [0.15, 0.2) is 0 Å². The molecule has 23 heavy (non-hydrogen) atoms. The summed E-state index contributed by atoms with van der Waals surface area (Å²) in [6.45, 7) is 15.4. The number of nitrogens with one attached hydrogen (secondary N) is 1. The minimum atomic E-state index is 0.306. The predicted octanol–water partition coefficient (Wildman–Crippen LogP) is 5.64. The highest BCUT2D eigenvalue weighted by Gasteiger charge is 2.46. The number of rotatable bonds is 4. The van der Waals surface area contributed by atoms with E-state index in [1.54, 1.807) is 11.1 Å². The van der Waals surface area contributed by atoms with Crippen LogP contribution in [-0.4, -0.2) is 0 Å². The zero-order chi connectivity index (χ0) is 16.6. The molecule has 0 saturated heterocycles. The summed E-state index contributed by atoms with van der Waals surface area (Å²) in [5.74, 6) is 1.28.